The van der Waals surface area contributed by atoms with Gasteiger partial charge in [-0.2, -0.15) is 0 Å². The fourth-order valence-electron chi connectivity index (χ4n) is 2.39. The maximum atomic E-state index is 12.3. The van der Waals surface area contributed by atoms with Crippen LogP contribution >= 0.6 is 11.6 Å². The van der Waals surface area contributed by atoms with Crippen LogP contribution in [0.15, 0.2) is 42.5 Å². The number of halogens is 1. The minimum Gasteiger partial charge on any atom is -0.452 e. The second-order valence-corrected chi connectivity index (χ2v) is 6.55. The summed E-state index contributed by atoms with van der Waals surface area (Å²) >= 11 is 5.94. The number of aryl methyl sites for hydroxylation is 1. The number of hydrogen-bond acceptors (Lipinski definition) is 5. The van der Waals surface area contributed by atoms with Crippen LogP contribution < -0.4 is 11.1 Å². The molecule has 0 atom stereocenters. The zero-order valence-electron chi connectivity index (χ0n) is 15.7. The first-order valence-electron chi connectivity index (χ1n) is 8.66. The van der Waals surface area contributed by atoms with Crippen molar-refractivity contribution in [2.45, 2.75) is 13.8 Å². The highest BCUT2D eigenvalue weighted by atomic mass is 35.5. The minimum atomic E-state index is -0.636. The van der Waals surface area contributed by atoms with Gasteiger partial charge < -0.3 is 20.7 Å². The number of nitrogens with one attached hydrogen (secondary N) is 1. The second-order valence-electron chi connectivity index (χ2n) is 6.11. The molecule has 2 amide bonds. The van der Waals surface area contributed by atoms with Crippen molar-refractivity contribution in [3.8, 4) is 0 Å². The van der Waals surface area contributed by atoms with E-state index < -0.39 is 18.5 Å². The Hall–Kier alpha value is -3.06. The Kier molecular flexibility index (Phi) is 7.40. The van der Waals surface area contributed by atoms with E-state index in [9.17, 15) is 14.4 Å². The van der Waals surface area contributed by atoms with Crippen LogP contribution in [0.1, 0.15) is 22.8 Å². The third kappa shape index (κ3) is 5.99. The van der Waals surface area contributed by atoms with Gasteiger partial charge in [0.15, 0.2) is 6.61 Å². The lowest BCUT2D eigenvalue weighted by molar-refractivity contribution is -0.137. The molecule has 0 aromatic heterocycles. The first kappa shape index (κ1) is 21.2. The van der Waals surface area contributed by atoms with Gasteiger partial charge in [-0.05, 0) is 55.8 Å². The van der Waals surface area contributed by atoms with E-state index in [1.165, 1.54) is 17.0 Å². The normalized spacial score (nSPS) is 10.2. The largest absolute Gasteiger partial charge is 0.452 e. The molecule has 0 aliphatic heterocycles. The van der Waals surface area contributed by atoms with Crippen LogP contribution in [0.3, 0.4) is 0 Å². The molecular weight excluding hydrogens is 382 g/mol. The van der Waals surface area contributed by atoms with Crippen molar-refractivity contribution in [2.75, 3.05) is 30.7 Å². The maximum Gasteiger partial charge on any atom is 0.338 e. The Bertz CT molecular complexity index is 868. The average molecular weight is 404 g/mol. The number of carbonyl (C=O) groups is 3. The van der Waals surface area contributed by atoms with E-state index in [4.69, 9.17) is 22.1 Å². The lowest BCUT2D eigenvalue weighted by Gasteiger charge is -2.20. The predicted molar refractivity (Wildman–Crippen MR) is 108 cm³/mol. The van der Waals surface area contributed by atoms with E-state index in [1.54, 1.807) is 37.3 Å². The van der Waals surface area contributed by atoms with E-state index in [0.29, 0.717) is 28.5 Å². The molecule has 0 aliphatic carbocycles. The Balaban J connectivity index is 1.90. The van der Waals surface area contributed by atoms with E-state index in [0.717, 1.165) is 5.56 Å². The number of likely N-dealkylation sites (N-methyl/N-ethyl adjacent to an activating group) is 1. The number of benzene rings is 2. The molecule has 0 saturated carbocycles. The van der Waals surface area contributed by atoms with Crippen molar-refractivity contribution in [3.05, 3.63) is 58.6 Å². The van der Waals surface area contributed by atoms with Crippen molar-refractivity contribution in [1.29, 1.82) is 0 Å². The standard InChI is InChI=1S/C20H22ClN3O4/c1-3-24(11-18(25)23-17-10-15(21)7-4-13(17)2)19(26)12-28-20(27)14-5-8-16(22)9-6-14/h4-10H,3,11-12,22H2,1-2H3,(H,23,25). The molecule has 2 aromatic rings. The summed E-state index contributed by atoms with van der Waals surface area (Å²) in [5, 5.41) is 3.23. The quantitative estimate of drug-likeness (QED) is 0.546. The van der Waals surface area contributed by atoms with Gasteiger partial charge >= 0.3 is 5.97 Å². The molecule has 8 heteroatoms. The number of rotatable bonds is 7. The van der Waals surface area contributed by atoms with Crippen molar-refractivity contribution in [1.82, 2.24) is 4.90 Å². The number of ether oxygens (including phenoxy) is 1. The highest BCUT2D eigenvalue weighted by molar-refractivity contribution is 6.31. The van der Waals surface area contributed by atoms with Crippen molar-refractivity contribution in [3.63, 3.8) is 0 Å². The Morgan fingerprint density at radius 3 is 2.46 bits per heavy atom. The monoisotopic (exact) mass is 403 g/mol. The molecule has 0 fully saturated rings. The van der Waals surface area contributed by atoms with Gasteiger partial charge in [-0.25, -0.2) is 4.79 Å². The van der Waals surface area contributed by atoms with Crippen molar-refractivity contribution in [2.24, 2.45) is 0 Å². The highest BCUT2D eigenvalue weighted by Crippen LogP contribution is 2.20. The van der Waals surface area contributed by atoms with Gasteiger partial charge in [-0.3, -0.25) is 9.59 Å². The summed E-state index contributed by atoms with van der Waals surface area (Å²) in [7, 11) is 0. The summed E-state index contributed by atoms with van der Waals surface area (Å²) in [4.78, 5) is 37.8. The number of carbonyl (C=O) groups excluding carboxylic acids is 3. The van der Waals surface area contributed by atoms with Gasteiger partial charge in [-0.15, -0.1) is 0 Å². The molecule has 0 heterocycles. The zero-order valence-corrected chi connectivity index (χ0v) is 16.5. The van der Waals surface area contributed by atoms with Crippen LogP contribution in [0, 0.1) is 6.92 Å². The van der Waals surface area contributed by atoms with Crippen LogP contribution in [-0.4, -0.2) is 42.4 Å². The zero-order chi connectivity index (χ0) is 20.7. The van der Waals surface area contributed by atoms with E-state index in [-0.39, 0.29) is 12.5 Å². The molecule has 3 N–H and O–H groups in total. The Morgan fingerprint density at radius 2 is 1.82 bits per heavy atom. The molecule has 0 spiro atoms. The first-order chi connectivity index (χ1) is 13.3. The molecule has 0 unspecified atom stereocenters. The number of nitrogens with two attached hydrogens (primary N) is 1. The smallest absolute Gasteiger partial charge is 0.338 e. The number of esters is 1. The molecule has 0 radical (unpaired) electrons. The lowest BCUT2D eigenvalue weighted by Crippen LogP contribution is -2.40. The molecule has 148 valence electrons. The second kappa shape index (κ2) is 9.75. The third-order valence-corrected chi connectivity index (χ3v) is 4.25. The molecule has 28 heavy (non-hydrogen) atoms. The van der Waals surface area contributed by atoms with E-state index >= 15 is 0 Å². The SMILES string of the molecule is CCN(CC(=O)Nc1cc(Cl)ccc1C)C(=O)COC(=O)c1ccc(N)cc1. The first-order valence-corrected chi connectivity index (χ1v) is 9.04. The molecule has 2 rings (SSSR count). The molecule has 2 aromatic carbocycles. The van der Waals surface area contributed by atoms with E-state index in [2.05, 4.69) is 5.32 Å². The number of anilines is 2. The van der Waals surface area contributed by atoms with Gasteiger partial charge in [0.25, 0.3) is 5.91 Å². The topological polar surface area (TPSA) is 102 Å². The van der Waals surface area contributed by atoms with Gasteiger partial charge in [0.1, 0.15) is 0 Å². The number of nitrogens with zero attached hydrogens (tertiary/aromatic N) is 1. The van der Waals surface area contributed by atoms with Crippen LogP contribution in [0.4, 0.5) is 11.4 Å². The fourth-order valence-corrected chi connectivity index (χ4v) is 2.56. The van der Waals surface area contributed by atoms with Gasteiger partial charge in [0.05, 0.1) is 12.1 Å². The average Bonchev–Trinajstić information content (AvgIpc) is 2.67. The van der Waals surface area contributed by atoms with Crippen LogP contribution in [0.5, 0.6) is 0 Å². The third-order valence-electron chi connectivity index (χ3n) is 4.02. The van der Waals surface area contributed by atoms with Gasteiger partial charge in [0.2, 0.25) is 5.91 Å². The molecule has 0 saturated heterocycles. The maximum absolute atomic E-state index is 12.3. The van der Waals surface area contributed by atoms with E-state index in [1.807, 2.05) is 6.92 Å². The molecule has 0 bridgehead atoms. The van der Waals surface area contributed by atoms with Gasteiger partial charge in [0, 0.05) is 22.9 Å². The molecule has 7 nitrogen and oxygen atoms in total. The summed E-state index contributed by atoms with van der Waals surface area (Å²) in [6, 6.07) is 11.3. The van der Waals surface area contributed by atoms with Crippen LogP contribution in [0.2, 0.25) is 5.02 Å². The Labute approximate surface area is 168 Å². The summed E-state index contributed by atoms with van der Waals surface area (Å²) in [5.74, 6) is -1.47. The number of hydrogen-bond donors (Lipinski definition) is 2. The minimum absolute atomic E-state index is 0.166. The summed E-state index contributed by atoms with van der Waals surface area (Å²) < 4.78 is 5.03. The predicted octanol–water partition coefficient (Wildman–Crippen LogP) is 2.87. The highest BCUT2D eigenvalue weighted by Gasteiger charge is 2.18. The van der Waals surface area contributed by atoms with Crippen molar-refractivity contribution >= 4 is 40.8 Å². The number of amides is 2. The summed E-state index contributed by atoms with van der Waals surface area (Å²) in [6.07, 6.45) is 0. The summed E-state index contributed by atoms with van der Waals surface area (Å²) in [5.41, 5.74) is 7.81. The summed E-state index contributed by atoms with van der Waals surface area (Å²) in [6.45, 7) is 3.24. The van der Waals surface area contributed by atoms with Gasteiger partial charge in [-0.1, -0.05) is 17.7 Å². The van der Waals surface area contributed by atoms with Crippen molar-refractivity contribution < 1.29 is 19.1 Å². The molecule has 0 aliphatic rings. The Morgan fingerprint density at radius 1 is 1.14 bits per heavy atom. The van der Waals surface area contributed by atoms with Crippen LogP contribution in [0.25, 0.3) is 0 Å². The molecular formula is C20H22ClN3O4. The number of nitrogen functional groups attached to an aromatic ring is 1. The lowest BCUT2D eigenvalue weighted by atomic mass is 10.2. The van der Waals surface area contributed by atoms with Crippen LogP contribution in [-0.2, 0) is 14.3 Å². The fraction of sp³-hybridized carbons (Fsp3) is 0.250.